The van der Waals surface area contributed by atoms with E-state index in [-0.39, 0.29) is 0 Å². The van der Waals surface area contributed by atoms with E-state index in [9.17, 15) is 13.2 Å². The second-order valence-electron chi connectivity index (χ2n) is 5.44. The zero-order chi connectivity index (χ0) is 15.6. The van der Waals surface area contributed by atoms with Gasteiger partial charge < -0.3 is 10.2 Å². The Kier molecular flexibility index (Phi) is 4.58. The van der Waals surface area contributed by atoms with Crippen LogP contribution in [-0.4, -0.2) is 36.3 Å². The molecule has 1 N–H and O–H groups in total. The van der Waals surface area contributed by atoms with Gasteiger partial charge in [-0.1, -0.05) is 6.92 Å². The third-order valence-corrected chi connectivity index (χ3v) is 3.48. The fraction of sp³-hybridized carbons (Fsp3) is 0.714. The highest BCUT2D eigenvalue weighted by Gasteiger charge is 2.33. The van der Waals surface area contributed by atoms with Crippen LogP contribution in [0, 0.1) is 6.92 Å². The molecule has 0 spiro atoms. The van der Waals surface area contributed by atoms with Crippen molar-refractivity contribution < 1.29 is 13.2 Å². The predicted octanol–water partition coefficient (Wildman–Crippen LogP) is 3.48. The zero-order valence-corrected chi connectivity index (χ0v) is 12.6. The molecule has 1 heterocycles. The zero-order valence-electron chi connectivity index (χ0n) is 12.6. The molecule has 1 saturated carbocycles. The molecule has 2 rings (SSSR count). The first-order valence-electron chi connectivity index (χ1n) is 7.23. The predicted molar refractivity (Wildman–Crippen MR) is 76.8 cm³/mol. The highest BCUT2D eigenvalue weighted by Crippen LogP contribution is 2.40. The maximum absolute atomic E-state index is 12.8. The lowest BCUT2D eigenvalue weighted by molar-refractivity contribution is -0.119. The Labute approximate surface area is 122 Å². The van der Waals surface area contributed by atoms with Crippen molar-refractivity contribution in [3.63, 3.8) is 0 Å². The van der Waals surface area contributed by atoms with Gasteiger partial charge in [0, 0.05) is 25.1 Å². The largest absolute Gasteiger partial charge is 0.405 e. The molecule has 21 heavy (non-hydrogen) atoms. The van der Waals surface area contributed by atoms with Crippen LogP contribution in [0.4, 0.5) is 24.8 Å². The van der Waals surface area contributed by atoms with Crippen molar-refractivity contribution in [2.24, 2.45) is 0 Å². The number of hydrogen-bond acceptors (Lipinski definition) is 4. The summed E-state index contributed by atoms with van der Waals surface area (Å²) in [6, 6.07) is 0. The molecule has 0 radical (unpaired) electrons. The quantitative estimate of drug-likeness (QED) is 0.873. The second kappa shape index (κ2) is 6.07. The average molecular weight is 302 g/mol. The van der Waals surface area contributed by atoms with Gasteiger partial charge in [-0.3, -0.25) is 0 Å². The Hall–Kier alpha value is -1.53. The van der Waals surface area contributed by atoms with Crippen LogP contribution in [0.3, 0.4) is 0 Å². The minimum Gasteiger partial charge on any atom is -0.373 e. The van der Waals surface area contributed by atoms with Crippen LogP contribution < -0.4 is 10.2 Å². The first kappa shape index (κ1) is 15.9. The Morgan fingerprint density at radius 3 is 2.43 bits per heavy atom. The molecular formula is C14H21F3N4. The van der Waals surface area contributed by atoms with Gasteiger partial charge in [-0.2, -0.15) is 13.2 Å². The molecule has 7 heteroatoms. The van der Waals surface area contributed by atoms with E-state index < -0.39 is 12.7 Å². The van der Waals surface area contributed by atoms with E-state index in [2.05, 4.69) is 15.3 Å². The van der Waals surface area contributed by atoms with Gasteiger partial charge in [0.25, 0.3) is 0 Å². The summed E-state index contributed by atoms with van der Waals surface area (Å²) in [4.78, 5) is 10.2. The lowest BCUT2D eigenvalue weighted by Gasteiger charge is -2.27. The number of aromatic nitrogens is 2. The van der Waals surface area contributed by atoms with E-state index in [4.69, 9.17) is 0 Å². The van der Waals surface area contributed by atoms with E-state index in [0.29, 0.717) is 41.9 Å². The van der Waals surface area contributed by atoms with Crippen LogP contribution in [0.25, 0.3) is 0 Å². The van der Waals surface area contributed by atoms with Gasteiger partial charge in [0.05, 0.1) is 0 Å². The van der Waals surface area contributed by atoms with Crippen molar-refractivity contribution in [3.05, 3.63) is 11.4 Å². The molecule has 0 aliphatic heterocycles. The van der Waals surface area contributed by atoms with Gasteiger partial charge in [-0.15, -0.1) is 0 Å². The SMILES string of the molecule is CCCN(CC(F)(F)F)c1nc(C2CC2)nc(NC)c1C. The van der Waals surface area contributed by atoms with Crippen LogP contribution in [-0.2, 0) is 0 Å². The monoisotopic (exact) mass is 302 g/mol. The van der Waals surface area contributed by atoms with Crippen molar-refractivity contribution in [2.75, 3.05) is 30.4 Å². The maximum Gasteiger partial charge on any atom is 0.405 e. The molecule has 0 amide bonds. The average Bonchev–Trinajstić information content (AvgIpc) is 3.21. The summed E-state index contributed by atoms with van der Waals surface area (Å²) < 4.78 is 38.4. The summed E-state index contributed by atoms with van der Waals surface area (Å²) in [5, 5.41) is 2.96. The number of halogens is 3. The van der Waals surface area contributed by atoms with Crippen molar-refractivity contribution in [1.82, 2.24) is 9.97 Å². The standard InChI is InChI=1S/C14H21F3N4/c1-4-7-21(8-14(15,16)17)13-9(2)11(18-3)19-12(20-13)10-5-6-10/h10H,4-8H2,1-3H3,(H,18,19,20). The van der Waals surface area contributed by atoms with E-state index in [1.807, 2.05) is 6.92 Å². The van der Waals surface area contributed by atoms with Crippen molar-refractivity contribution in [2.45, 2.75) is 45.2 Å². The van der Waals surface area contributed by atoms with Crippen molar-refractivity contribution in [1.29, 1.82) is 0 Å². The minimum absolute atomic E-state index is 0.297. The summed E-state index contributed by atoms with van der Waals surface area (Å²) in [6.07, 6.45) is -1.59. The van der Waals surface area contributed by atoms with Crippen LogP contribution in [0.15, 0.2) is 0 Å². The molecule has 1 fully saturated rings. The fourth-order valence-corrected chi connectivity index (χ4v) is 2.34. The number of nitrogens with one attached hydrogen (secondary N) is 1. The lowest BCUT2D eigenvalue weighted by atomic mass is 10.2. The van der Waals surface area contributed by atoms with Gasteiger partial charge in [-0.25, -0.2) is 9.97 Å². The molecule has 0 bridgehead atoms. The highest BCUT2D eigenvalue weighted by atomic mass is 19.4. The first-order valence-corrected chi connectivity index (χ1v) is 7.23. The van der Waals surface area contributed by atoms with Crippen LogP contribution >= 0.6 is 0 Å². The van der Waals surface area contributed by atoms with Crippen molar-refractivity contribution >= 4 is 11.6 Å². The molecule has 1 aromatic rings. The van der Waals surface area contributed by atoms with E-state index in [1.165, 1.54) is 4.90 Å². The summed E-state index contributed by atoms with van der Waals surface area (Å²) in [5.41, 5.74) is 0.666. The molecule has 0 atom stereocenters. The van der Waals surface area contributed by atoms with Crippen LogP contribution in [0.5, 0.6) is 0 Å². The molecular weight excluding hydrogens is 281 g/mol. The molecule has 4 nitrogen and oxygen atoms in total. The minimum atomic E-state index is -4.24. The van der Waals surface area contributed by atoms with Crippen LogP contribution in [0.2, 0.25) is 0 Å². The number of alkyl halides is 3. The number of nitrogens with zero attached hydrogens (tertiary/aromatic N) is 3. The third-order valence-electron chi connectivity index (χ3n) is 3.48. The topological polar surface area (TPSA) is 41.1 Å². The van der Waals surface area contributed by atoms with E-state index in [0.717, 1.165) is 12.8 Å². The normalized spacial score (nSPS) is 15.1. The first-order chi connectivity index (χ1) is 9.85. The molecule has 1 aliphatic rings. The van der Waals surface area contributed by atoms with Gasteiger partial charge >= 0.3 is 6.18 Å². The van der Waals surface area contributed by atoms with E-state index >= 15 is 0 Å². The van der Waals surface area contributed by atoms with Gasteiger partial charge in [-0.05, 0) is 26.2 Å². The van der Waals surface area contributed by atoms with Gasteiger partial charge in [0.15, 0.2) is 0 Å². The molecule has 1 aromatic heterocycles. The highest BCUT2D eigenvalue weighted by molar-refractivity contribution is 5.59. The summed E-state index contributed by atoms with van der Waals surface area (Å²) in [5.74, 6) is 1.97. The maximum atomic E-state index is 12.8. The Balaban J connectivity index is 2.39. The lowest BCUT2D eigenvalue weighted by Crippen LogP contribution is -2.36. The Morgan fingerprint density at radius 2 is 1.95 bits per heavy atom. The summed E-state index contributed by atoms with van der Waals surface area (Å²) >= 11 is 0. The summed E-state index contributed by atoms with van der Waals surface area (Å²) in [6.45, 7) is 2.97. The van der Waals surface area contributed by atoms with Gasteiger partial charge in [0.1, 0.15) is 24.0 Å². The molecule has 1 aliphatic carbocycles. The molecule has 0 saturated heterocycles. The molecule has 118 valence electrons. The van der Waals surface area contributed by atoms with E-state index in [1.54, 1.807) is 14.0 Å². The third kappa shape index (κ3) is 3.98. The number of rotatable bonds is 6. The number of anilines is 2. The number of hydrogen-bond donors (Lipinski definition) is 1. The van der Waals surface area contributed by atoms with Crippen molar-refractivity contribution in [3.8, 4) is 0 Å². The Bertz CT molecular complexity index is 498. The fourth-order valence-electron chi connectivity index (χ4n) is 2.34. The Morgan fingerprint density at radius 1 is 1.29 bits per heavy atom. The second-order valence-corrected chi connectivity index (χ2v) is 5.44. The smallest absolute Gasteiger partial charge is 0.373 e. The van der Waals surface area contributed by atoms with Gasteiger partial charge in [0.2, 0.25) is 0 Å². The molecule has 0 unspecified atom stereocenters. The molecule has 0 aromatic carbocycles. The summed E-state index contributed by atoms with van der Waals surface area (Å²) in [7, 11) is 1.73. The van der Waals surface area contributed by atoms with Crippen LogP contribution in [0.1, 0.15) is 43.5 Å².